The third-order valence-corrected chi connectivity index (χ3v) is 12.4. The van der Waals surface area contributed by atoms with E-state index in [-0.39, 0.29) is 0 Å². The molecule has 4 heteroatoms. The summed E-state index contributed by atoms with van der Waals surface area (Å²) in [4.78, 5) is 11.1. The normalized spacial score (nSPS) is 12.0. The molecule has 0 aliphatic carbocycles. The van der Waals surface area contributed by atoms with Crippen LogP contribution in [0.15, 0.2) is 206 Å². The van der Waals surface area contributed by atoms with Gasteiger partial charge in [0.25, 0.3) is 0 Å². The zero-order chi connectivity index (χ0) is 39.3. The molecule has 0 unspecified atom stereocenters. The van der Waals surface area contributed by atoms with E-state index in [1.54, 1.807) is 0 Å². The monoisotopic (exact) mass is 762 g/mol. The third-order valence-electron chi connectivity index (χ3n) is 12.4. The summed E-state index contributed by atoms with van der Waals surface area (Å²) in [6.45, 7) is 0. The van der Waals surface area contributed by atoms with E-state index in [1.807, 2.05) is 12.1 Å². The zero-order valence-electron chi connectivity index (χ0n) is 32.4. The molecule has 0 N–H and O–H groups in total. The molecule has 3 aromatic heterocycles. The molecule has 278 valence electrons. The molecule has 13 rings (SSSR count). The molecule has 4 heterocycles. The van der Waals surface area contributed by atoms with E-state index in [4.69, 9.17) is 9.97 Å². The average Bonchev–Trinajstić information content (AvgIpc) is 3.78. The maximum Gasteiger partial charge on any atom is 0.165 e. The fourth-order valence-corrected chi connectivity index (χ4v) is 9.77. The third kappa shape index (κ3) is 4.79. The summed E-state index contributed by atoms with van der Waals surface area (Å²) in [5.41, 5.74) is 18.9. The van der Waals surface area contributed by atoms with Crippen LogP contribution in [0.25, 0.3) is 122 Å². The highest BCUT2D eigenvalue weighted by molar-refractivity contribution is 6.22. The van der Waals surface area contributed by atoms with Gasteiger partial charge in [-0.15, -0.1) is 0 Å². The molecule has 0 atom stereocenters. The lowest BCUT2D eigenvalue weighted by molar-refractivity contribution is 1.08. The van der Waals surface area contributed by atoms with Gasteiger partial charge in [0.2, 0.25) is 0 Å². The molecule has 1 aliphatic heterocycles. The van der Waals surface area contributed by atoms with Gasteiger partial charge in [-0.3, -0.25) is 4.57 Å². The van der Waals surface area contributed by atoms with E-state index >= 15 is 0 Å². The van der Waals surface area contributed by atoms with Crippen LogP contribution in [0.4, 0.5) is 0 Å². The molecule has 4 nitrogen and oxygen atoms in total. The molecule has 60 heavy (non-hydrogen) atoms. The molecule has 0 bridgehead atoms. The van der Waals surface area contributed by atoms with Gasteiger partial charge in [0.1, 0.15) is 5.69 Å². The Kier molecular flexibility index (Phi) is 6.98. The number of aromatic nitrogens is 4. The number of hydrogen-bond donors (Lipinski definition) is 0. The first-order valence-electron chi connectivity index (χ1n) is 20.5. The summed E-state index contributed by atoms with van der Waals surface area (Å²) in [7, 11) is 0. The van der Waals surface area contributed by atoms with Gasteiger partial charge in [-0.2, -0.15) is 0 Å². The minimum Gasteiger partial charge on any atom is -0.308 e. The topological polar surface area (TPSA) is 35.6 Å². The predicted molar refractivity (Wildman–Crippen MR) is 249 cm³/mol. The Morgan fingerprint density at radius 2 is 0.817 bits per heavy atom. The van der Waals surface area contributed by atoms with Crippen molar-refractivity contribution in [3.05, 3.63) is 206 Å². The van der Waals surface area contributed by atoms with Crippen molar-refractivity contribution in [2.75, 3.05) is 0 Å². The number of benzene rings is 9. The minimum absolute atomic E-state index is 0.799. The van der Waals surface area contributed by atoms with E-state index in [2.05, 4.69) is 203 Å². The molecule has 0 saturated carbocycles. The lowest BCUT2D eigenvalue weighted by Gasteiger charge is -2.16. The average molecular weight is 763 g/mol. The predicted octanol–water partition coefficient (Wildman–Crippen LogP) is 14.5. The van der Waals surface area contributed by atoms with Crippen LogP contribution in [0, 0.1) is 0 Å². The molecule has 0 radical (unpaired) electrons. The number of rotatable bonds is 4. The summed E-state index contributed by atoms with van der Waals surface area (Å²) >= 11 is 0. The number of hydrogen-bond acceptors (Lipinski definition) is 2. The Bertz CT molecular complexity index is 3650. The largest absolute Gasteiger partial charge is 0.308 e. The van der Waals surface area contributed by atoms with Crippen molar-refractivity contribution < 1.29 is 0 Å². The number of nitrogens with zero attached hydrogens (tertiary/aromatic N) is 4. The van der Waals surface area contributed by atoms with Gasteiger partial charge < -0.3 is 4.57 Å². The lowest BCUT2D eigenvalue weighted by Crippen LogP contribution is -2.04. The van der Waals surface area contributed by atoms with E-state index in [9.17, 15) is 0 Å². The second-order valence-electron chi connectivity index (χ2n) is 15.8. The maximum atomic E-state index is 5.55. The first kappa shape index (κ1) is 32.9. The van der Waals surface area contributed by atoms with E-state index in [0.717, 1.165) is 61.4 Å². The Morgan fingerprint density at radius 3 is 1.55 bits per heavy atom. The van der Waals surface area contributed by atoms with Crippen molar-refractivity contribution in [1.29, 1.82) is 0 Å². The molecular formula is C56H34N4. The van der Waals surface area contributed by atoms with Crippen LogP contribution < -0.4 is 0 Å². The Hall–Kier alpha value is -8.08. The van der Waals surface area contributed by atoms with Crippen LogP contribution in [0.1, 0.15) is 0 Å². The van der Waals surface area contributed by atoms with Gasteiger partial charge in [-0.25, -0.2) is 9.97 Å². The Labute approximate surface area is 345 Å². The molecule has 9 aromatic carbocycles. The molecule has 0 fully saturated rings. The summed E-state index contributed by atoms with van der Waals surface area (Å²) in [6, 6.07) is 74.3. The number of para-hydroxylation sites is 5. The first-order valence-corrected chi connectivity index (χ1v) is 20.5. The fourth-order valence-electron chi connectivity index (χ4n) is 9.77. The van der Waals surface area contributed by atoms with Crippen molar-refractivity contribution in [2.24, 2.45) is 0 Å². The molecule has 1 aliphatic rings. The van der Waals surface area contributed by atoms with Crippen molar-refractivity contribution in [3.8, 4) is 67.3 Å². The summed E-state index contributed by atoms with van der Waals surface area (Å²) in [6.07, 6.45) is 0. The molecular weight excluding hydrogens is 729 g/mol. The van der Waals surface area contributed by atoms with Crippen molar-refractivity contribution in [2.45, 2.75) is 0 Å². The van der Waals surface area contributed by atoms with Crippen LogP contribution in [0.3, 0.4) is 0 Å². The smallest absolute Gasteiger partial charge is 0.165 e. The van der Waals surface area contributed by atoms with Gasteiger partial charge >= 0.3 is 0 Å². The highest BCUT2D eigenvalue weighted by Gasteiger charge is 2.26. The van der Waals surface area contributed by atoms with Crippen LogP contribution in [0.5, 0.6) is 0 Å². The Morgan fingerprint density at radius 1 is 0.300 bits per heavy atom. The highest BCUT2D eigenvalue weighted by atomic mass is 15.1. The molecule has 0 amide bonds. The first-order chi connectivity index (χ1) is 29.8. The van der Waals surface area contributed by atoms with Crippen molar-refractivity contribution >= 4 is 54.6 Å². The van der Waals surface area contributed by atoms with Gasteiger partial charge in [0, 0.05) is 38.2 Å². The second-order valence-corrected chi connectivity index (χ2v) is 15.8. The standard InChI is InChI=1S/C56H34N4/c1-3-16-35(17-4-1)37-30-38(36-18-5-2-6-19-36)32-39(31-37)54-56(58-49-27-12-11-26-48(49)57-54)60-51-29-14-10-23-43(51)46-33-52-47(34-53(46)60)45-25-15-24-44-41-21-8-7-20-40(41)42-22-9-13-28-50(42)59(52)55(44)45/h1-34H. The Balaban J connectivity index is 1.15. The van der Waals surface area contributed by atoms with Gasteiger partial charge in [0.05, 0.1) is 38.8 Å². The minimum atomic E-state index is 0.799. The van der Waals surface area contributed by atoms with Crippen LogP contribution in [-0.2, 0) is 0 Å². The van der Waals surface area contributed by atoms with E-state index in [1.165, 1.54) is 60.5 Å². The summed E-state index contributed by atoms with van der Waals surface area (Å²) < 4.78 is 4.86. The van der Waals surface area contributed by atoms with Gasteiger partial charge in [-0.1, -0.05) is 152 Å². The lowest BCUT2D eigenvalue weighted by atomic mass is 9.94. The molecule has 0 saturated heterocycles. The van der Waals surface area contributed by atoms with E-state index in [0.29, 0.717) is 0 Å². The summed E-state index contributed by atoms with van der Waals surface area (Å²) in [5.74, 6) is 0.799. The molecule has 0 spiro atoms. The highest BCUT2D eigenvalue weighted by Crippen LogP contribution is 2.48. The second kappa shape index (κ2) is 12.7. The molecule has 12 aromatic rings. The SMILES string of the molecule is c1ccc(-c2cc(-c3ccccc3)cc(-c3nc4ccccc4nc3-n3c4ccccc4c4cc5c(cc43)c3cccc4c3n5-c3ccccc3-c3ccccc3-4)c2)cc1. The fraction of sp³-hybridized carbons (Fsp3) is 0. The van der Waals surface area contributed by atoms with Crippen LogP contribution >= 0.6 is 0 Å². The summed E-state index contributed by atoms with van der Waals surface area (Å²) in [5, 5.41) is 4.76. The quantitative estimate of drug-likeness (QED) is 0.179. The van der Waals surface area contributed by atoms with Crippen molar-refractivity contribution in [3.63, 3.8) is 0 Å². The number of fused-ring (bicyclic) bond motifs is 12. The van der Waals surface area contributed by atoms with Crippen LogP contribution in [0.2, 0.25) is 0 Å². The maximum absolute atomic E-state index is 5.55. The van der Waals surface area contributed by atoms with Crippen LogP contribution in [-0.4, -0.2) is 19.1 Å². The van der Waals surface area contributed by atoms with Crippen molar-refractivity contribution in [1.82, 2.24) is 19.1 Å². The van der Waals surface area contributed by atoms with E-state index < -0.39 is 0 Å². The van der Waals surface area contributed by atoms with Gasteiger partial charge in [0.15, 0.2) is 5.82 Å². The zero-order valence-corrected chi connectivity index (χ0v) is 32.4. The van der Waals surface area contributed by atoms with Gasteiger partial charge in [-0.05, 0) is 88.0 Å².